The van der Waals surface area contributed by atoms with Crippen molar-refractivity contribution in [2.75, 3.05) is 16.0 Å². The van der Waals surface area contributed by atoms with Crippen LogP contribution >= 0.6 is 0 Å². The highest BCUT2D eigenvalue weighted by Gasteiger charge is 2.32. The number of hydrogen-bond donors (Lipinski definition) is 5. The molecule has 1 aliphatic rings. The summed E-state index contributed by atoms with van der Waals surface area (Å²) >= 11 is 0. The Labute approximate surface area is 258 Å². The van der Waals surface area contributed by atoms with Crippen LogP contribution in [0.25, 0.3) is 0 Å². The average molecular weight is 599 g/mol. The van der Waals surface area contributed by atoms with E-state index < -0.39 is 17.9 Å². The van der Waals surface area contributed by atoms with Gasteiger partial charge in [-0.05, 0) is 85.0 Å². The number of aryl methyl sites for hydroxylation is 1. The van der Waals surface area contributed by atoms with E-state index in [0.717, 1.165) is 48.1 Å². The molecule has 232 valence electrons. The van der Waals surface area contributed by atoms with E-state index in [4.69, 9.17) is 0 Å². The first-order valence-electron chi connectivity index (χ1n) is 15.2. The van der Waals surface area contributed by atoms with Crippen LogP contribution in [0.4, 0.5) is 21.9 Å². The normalized spacial score (nSPS) is 14.5. The fraction of sp³-hybridized carbons (Fsp3) is 0.371. The Kier molecular flexibility index (Phi) is 11.1. The smallest absolute Gasteiger partial charge is 0.323 e. The monoisotopic (exact) mass is 598 g/mol. The van der Waals surface area contributed by atoms with Gasteiger partial charge in [-0.2, -0.15) is 0 Å². The van der Waals surface area contributed by atoms with E-state index in [0.29, 0.717) is 17.8 Å². The van der Waals surface area contributed by atoms with Crippen molar-refractivity contribution in [3.63, 3.8) is 0 Å². The molecule has 0 saturated heterocycles. The maximum atomic E-state index is 13.2. The first kappa shape index (κ1) is 32.3. The van der Waals surface area contributed by atoms with Crippen molar-refractivity contribution >= 4 is 40.9 Å². The lowest BCUT2D eigenvalue weighted by atomic mass is 9.85. The van der Waals surface area contributed by atoms with Gasteiger partial charge in [0.25, 0.3) is 0 Å². The van der Waals surface area contributed by atoms with Crippen molar-refractivity contribution < 1.29 is 24.3 Å². The number of carbonyl (C=O) groups is 4. The summed E-state index contributed by atoms with van der Waals surface area (Å²) in [6, 6.07) is 20.4. The summed E-state index contributed by atoms with van der Waals surface area (Å²) < 4.78 is 0. The van der Waals surface area contributed by atoms with Crippen molar-refractivity contribution in [2.24, 2.45) is 11.8 Å². The lowest BCUT2D eigenvalue weighted by molar-refractivity contribution is -0.140. The van der Waals surface area contributed by atoms with Crippen LogP contribution in [0.2, 0.25) is 0 Å². The van der Waals surface area contributed by atoms with E-state index in [2.05, 4.69) is 21.3 Å². The Morgan fingerprint density at radius 1 is 0.818 bits per heavy atom. The SMILES string of the molecule is Cc1ccccc1NC(=O)Nc1ccc(CC(=O)N[C@@H](CC(C)C)C(=O)Nc2ccc(C(C(=O)O)C3CCCC3)cc2)cc1. The minimum Gasteiger partial charge on any atom is -0.481 e. The first-order valence-corrected chi connectivity index (χ1v) is 15.2. The standard InChI is InChI=1S/C35H42N4O5/c1-22(2)20-30(33(41)36-27-18-14-26(15-19-27)32(34(42)43)25-9-5-6-10-25)38-31(40)21-24-12-16-28(17-13-24)37-35(44)39-29-11-7-4-8-23(29)3/h4,7-8,11-19,22,25,30,32H,5-6,9-10,20-21H2,1-3H3,(H,36,41)(H,38,40)(H,42,43)(H2,37,39,44)/t30-,32?/m0/s1. The van der Waals surface area contributed by atoms with Gasteiger partial charge in [0.15, 0.2) is 0 Å². The number of carboxylic acid groups (broad SMARTS) is 1. The Morgan fingerprint density at radius 3 is 2.05 bits per heavy atom. The third-order valence-electron chi connectivity index (χ3n) is 8.00. The van der Waals surface area contributed by atoms with Gasteiger partial charge in [-0.25, -0.2) is 4.79 Å². The summed E-state index contributed by atoms with van der Waals surface area (Å²) in [7, 11) is 0. The van der Waals surface area contributed by atoms with Crippen LogP contribution in [0.1, 0.15) is 68.6 Å². The summed E-state index contributed by atoms with van der Waals surface area (Å²) in [5.74, 6) is -1.69. The van der Waals surface area contributed by atoms with E-state index in [1.807, 2.05) is 45.0 Å². The zero-order valence-corrected chi connectivity index (χ0v) is 25.6. The molecular formula is C35H42N4O5. The number of aliphatic carboxylic acids is 1. The molecule has 0 radical (unpaired) electrons. The minimum atomic E-state index is -0.817. The molecule has 1 fully saturated rings. The molecule has 3 aromatic carbocycles. The summed E-state index contributed by atoms with van der Waals surface area (Å²) in [5.41, 5.74) is 4.29. The molecule has 4 rings (SSSR count). The number of amides is 4. The van der Waals surface area contributed by atoms with Crippen LogP contribution in [0.5, 0.6) is 0 Å². The predicted octanol–water partition coefficient (Wildman–Crippen LogP) is 6.71. The largest absolute Gasteiger partial charge is 0.481 e. The molecule has 1 aliphatic carbocycles. The molecule has 5 N–H and O–H groups in total. The lowest BCUT2D eigenvalue weighted by Crippen LogP contribution is -2.45. The van der Waals surface area contributed by atoms with E-state index in [9.17, 15) is 24.3 Å². The van der Waals surface area contributed by atoms with Gasteiger partial charge in [-0.15, -0.1) is 0 Å². The van der Waals surface area contributed by atoms with Gasteiger partial charge < -0.3 is 26.4 Å². The number of nitrogens with one attached hydrogen (secondary N) is 4. The molecule has 4 amide bonds. The maximum Gasteiger partial charge on any atom is 0.323 e. The summed E-state index contributed by atoms with van der Waals surface area (Å²) in [6.45, 7) is 5.88. The molecule has 0 aromatic heterocycles. The second-order valence-corrected chi connectivity index (χ2v) is 12.0. The number of rotatable bonds is 12. The van der Waals surface area contributed by atoms with Crippen molar-refractivity contribution in [1.29, 1.82) is 0 Å². The van der Waals surface area contributed by atoms with E-state index >= 15 is 0 Å². The van der Waals surface area contributed by atoms with Gasteiger partial charge in [0, 0.05) is 17.1 Å². The summed E-state index contributed by atoms with van der Waals surface area (Å²) in [4.78, 5) is 50.5. The number of anilines is 3. The highest BCUT2D eigenvalue weighted by Crippen LogP contribution is 2.37. The van der Waals surface area contributed by atoms with Crippen LogP contribution in [-0.2, 0) is 20.8 Å². The second-order valence-electron chi connectivity index (χ2n) is 12.0. The zero-order chi connectivity index (χ0) is 31.6. The molecule has 0 aliphatic heterocycles. The molecule has 44 heavy (non-hydrogen) atoms. The molecule has 1 unspecified atom stereocenters. The van der Waals surface area contributed by atoms with Gasteiger partial charge in [-0.1, -0.05) is 69.2 Å². The Bertz CT molecular complexity index is 1450. The fourth-order valence-electron chi connectivity index (χ4n) is 5.75. The molecular weight excluding hydrogens is 556 g/mol. The maximum absolute atomic E-state index is 13.2. The second kappa shape index (κ2) is 15.2. The first-order chi connectivity index (χ1) is 21.1. The van der Waals surface area contributed by atoms with Gasteiger partial charge in [-0.3, -0.25) is 14.4 Å². The fourth-order valence-corrected chi connectivity index (χ4v) is 5.75. The third-order valence-corrected chi connectivity index (χ3v) is 8.00. The summed E-state index contributed by atoms with van der Waals surface area (Å²) in [5, 5.41) is 21.2. The van der Waals surface area contributed by atoms with Crippen LogP contribution < -0.4 is 21.3 Å². The Morgan fingerprint density at radius 2 is 1.43 bits per heavy atom. The Hall–Kier alpha value is -4.66. The minimum absolute atomic E-state index is 0.0734. The molecule has 0 heterocycles. The van der Waals surface area contributed by atoms with E-state index in [-0.39, 0.29) is 36.1 Å². The molecule has 1 saturated carbocycles. The predicted molar refractivity (Wildman–Crippen MR) is 173 cm³/mol. The number of benzene rings is 3. The molecule has 2 atom stereocenters. The van der Waals surface area contributed by atoms with Gasteiger partial charge in [0.2, 0.25) is 11.8 Å². The molecule has 9 nitrogen and oxygen atoms in total. The van der Waals surface area contributed by atoms with Crippen LogP contribution in [0.15, 0.2) is 72.8 Å². The summed E-state index contributed by atoms with van der Waals surface area (Å²) in [6.07, 6.45) is 4.47. The highest BCUT2D eigenvalue weighted by atomic mass is 16.4. The Balaban J connectivity index is 1.32. The van der Waals surface area contributed by atoms with Gasteiger partial charge in [0.05, 0.1) is 12.3 Å². The van der Waals surface area contributed by atoms with E-state index in [1.165, 1.54) is 0 Å². The third kappa shape index (κ3) is 9.17. The highest BCUT2D eigenvalue weighted by molar-refractivity contribution is 6.00. The van der Waals surface area contributed by atoms with Gasteiger partial charge in [0.1, 0.15) is 6.04 Å². The number of carbonyl (C=O) groups excluding carboxylic acids is 3. The number of urea groups is 1. The number of hydrogen-bond acceptors (Lipinski definition) is 4. The van der Waals surface area contributed by atoms with Gasteiger partial charge >= 0.3 is 12.0 Å². The molecule has 3 aromatic rings. The average Bonchev–Trinajstić information content (AvgIpc) is 3.50. The topological polar surface area (TPSA) is 137 Å². The van der Waals surface area contributed by atoms with Crippen LogP contribution in [0.3, 0.4) is 0 Å². The molecule has 0 spiro atoms. The van der Waals surface area contributed by atoms with Crippen molar-refractivity contribution in [2.45, 2.75) is 71.3 Å². The number of para-hydroxylation sites is 1. The lowest BCUT2D eigenvalue weighted by Gasteiger charge is -2.21. The molecule has 0 bridgehead atoms. The molecule has 9 heteroatoms. The number of carboxylic acids is 1. The van der Waals surface area contributed by atoms with E-state index in [1.54, 1.807) is 48.5 Å². The van der Waals surface area contributed by atoms with Crippen LogP contribution in [-0.4, -0.2) is 35.0 Å². The van der Waals surface area contributed by atoms with Crippen molar-refractivity contribution in [3.8, 4) is 0 Å². The zero-order valence-electron chi connectivity index (χ0n) is 25.6. The van der Waals surface area contributed by atoms with Crippen LogP contribution in [0, 0.1) is 18.8 Å². The quantitative estimate of drug-likeness (QED) is 0.158. The van der Waals surface area contributed by atoms with Crippen molar-refractivity contribution in [1.82, 2.24) is 5.32 Å². The van der Waals surface area contributed by atoms with Crippen molar-refractivity contribution in [3.05, 3.63) is 89.5 Å².